The molecule has 0 spiro atoms. The SMILES string of the molecule is Cc1ccccc1CC1(CC(C)C)CNC1. The van der Waals surface area contributed by atoms with Crippen LogP contribution in [0.1, 0.15) is 31.4 Å². The summed E-state index contributed by atoms with van der Waals surface area (Å²) in [5.41, 5.74) is 3.50. The lowest BCUT2D eigenvalue weighted by molar-refractivity contribution is 0.131. The number of benzene rings is 1. The van der Waals surface area contributed by atoms with E-state index in [1.165, 1.54) is 37.1 Å². The summed E-state index contributed by atoms with van der Waals surface area (Å²) in [6.45, 7) is 9.28. The lowest BCUT2D eigenvalue weighted by atomic mass is 9.70. The Labute approximate surface area is 99.3 Å². The predicted octanol–water partition coefficient (Wildman–Crippen LogP) is 3.17. The minimum atomic E-state index is 0.528. The molecule has 0 unspecified atom stereocenters. The zero-order valence-electron chi connectivity index (χ0n) is 10.7. The van der Waals surface area contributed by atoms with E-state index in [-0.39, 0.29) is 0 Å². The van der Waals surface area contributed by atoms with Crippen LogP contribution < -0.4 is 5.32 Å². The van der Waals surface area contributed by atoms with E-state index in [0.29, 0.717) is 5.41 Å². The van der Waals surface area contributed by atoms with Gasteiger partial charge in [-0.2, -0.15) is 0 Å². The van der Waals surface area contributed by atoms with E-state index in [1.54, 1.807) is 0 Å². The second-order valence-electron chi connectivity index (χ2n) is 5.80. The van der Waals surface area contributed by atoms with Gasteiger partial charge in [-0.3, -0.25) is 0 Å². The van der Waals surface area contributed by atoms with Gasteiger partial charge in [0.25, 0.3) is 0 Å². The summed E-state index contributed by atoms with van der Waals surface area (Å²) in [7, 11) is 0. The molecular formula is C15H23N. The molecule has 1 heteroatoms. The van der Waals surface area contributed by atoms with Gasteiger partial charge < -0.3 is 5.32 Å². The average molecular weight is 217 g/mol. The molecule has 1 aromatic carbocycles. The molecule has 2 rings (SSSR count). The van der Waals surface area contributed by atoms with Crippen molar-refractivity contribution >= 4 is 0 Å². The zero-order valence-corrected chi connectivity index (χ0v) is 10.7. The van der Waals surface area contributed by atoms with Gasteiger partial charge in [-0.05, 0) is 42.2 Å². The van der Waals surface area contributed by atoms with Gasteiger partial charge in [0, 0.05) is 13.1 Å². The Morgan fingerprint density at radius 3 is 2.44 bits per heavy atom. The number of rotatable bonds is 4. The average Bonchev–Trinajstić information content (AvgIpc) is 2.17. The molecule has 1 heterocycles. The highest BCUT2D eigenvalue weighted by molar-refractivity contribution is 5.27. The molecule has 0 aliphatic carbocycles. The number of hydrogen-bond acceptors (Lipinski definition) is 1. The van der Waals surface area contributed by atoms with Crippen molar-refractivity contribution in [2.75, 3.05) is 13.1 Å². The minimum Gasteiger partial charge on any atom is -0.316 e. The summed E-state index contributed by atoms with van der Waals surface area (Å²) in [5, 5.41) is 3.45. The fourth-order valence-electron chi connectivity index (χ4n) is 2.90. The van der Waals surface area contributed by atoms with Crippen molar-refractivity contribution in [1.82, 2.24) is 5.32 Å². The standard InChI is InChI=1S/C15H23N/c1-12(2)8-15(10-16-11-15)9-14-7-5-4-6-13(14)3/h4-7,12,16H,8-11H2,1-3H3. The number of hydrogen-bond donors (Lipinski definition) is 1. The quantitative estimate of drug-likeness (QED) is 0.817. The monoisotopic (exact) mass is 217 g/mol. The van der Waals surface area contributed by atoms with Crippen LogP contribution in [0.5, 0.6) is 0 Å². The Kier molecular flexibility index (Phi) is 3.34. The lowest BCUT2D eigenvalue weighted by Gasteiger charge is -2.44. The third-order valence-corrected chi connectivity index (χ3v) is 3.67. The summed E-state index contributed by atoms with van der Waals surface area (Å²) in [4.78, 5) is 0. The Hall–Kier alpha value is -0.820. The van der Waals surface area contributed by atoms with E-state index >= 15 is 0 Å². The first kappa shape index (κ1) is 11.7. The maximum atomic E-state index is 3.45. The van der Waals surface area contributed by atoms with Crippen molar-refractivity contribution in [2.24, 2.45) is 11.3 Å². The summed E-state index contributed by atoms with van der Waals surface area (Å²) >= 11 is 0. The molecule has 1 aliphatic rings. The van der Waals surface area contributed by atoms with Gasteiger partial charge in [-0.15, -0.1) is 0 Å². The Morgan fingerprint density at radius 2 is 1.94 bits per heavy atom. The second kappa shape index (κ2) is 4.58. The van der Waals surface area contributed by atoms with Gasteiger partial charge in [0.15, 0.2) is 0 Å². The van der Waals surface area contributed by atoms with Gasteiger partial charge in [-0.25, -0.2) is 0 Å². The van der Waals surface area contributed by atoms with Crippen molar-refractivity contribution < 1.29 is 0 Å². The van der Waals surface area contributed by atoms with Gasteiger partial charge in [0.1, 0.15) is 0 Å². The first-order valence-electron chi connectivity index (χ1n) is 6.37. The molecule has 1 aliphatic heterocycles. The van der Waals surface area contributed by atoms with Crippen LogP contribution in [0, 0.1) is 18.3 Å². The smallest absolute Gasteiger partial charge is 0.00235 e. The van der Waals surface area contributed by atoms with E-state index < -0.39 is 0 Å². The number of nitrogens with one attached hydrogen (secondary N) is 1. The van der Waals surface area contributed by atoms with E-state index in [1.807, 2.05) is 0 Å². The minimum absolute atomic E-state index is 0.528. The van der Waals surface area contributed by atoms with Crippen LogP contribution in [-0.4, -0.2) is 13.1 Å². The highest BCUT2D eigenvalue weighted by Gasteiger charge is 2.37. The Bertz CT molecular complexity index is 350. The molecule has 0 saturated carbocycles. The van der Waals surface area contributed by atoms with Gasteiger partial charge >= 0.3 is 0 Å². The molecule has 0 atom stereocenters. The van der Waals surface area contributed by atoms with Crippen LogP contribution >= 0.6 is 0 Å². The van der Waals surface area contributed by atoms with Gasteiger partial charge in [-0.1, -0.05) is 38.1 Å². The zero-order chi connectivity index (χ0) is 11.6. The molecule has 0 amide bonds. The van der Waals surface area contributed by atoms with Crippen molar-refractivity contribution in [2.45, 2.75) is 33.6 Å². The predicted molar refractivity (Wildman–Crippen MR) is 69.6 cm³/mol. The maximum absolute atomic E-state index is 3.45. The molecule has 0 aromatic heterocycles. The molecule has 1 N–H and O–H groups in total. The van der Waals surface area contributed by atoms with Crippen LogP contribution in [0.2, 0.25) is 0 Å². The van der Waals surface area contributed by atoms with Crippen LogP contribution in [0.25, 0.3) is 0 Å². The lowest BCUT2D eigenvalue weighted by Crippen LogP contribution is -2.55. The molecule has 16 heavy (non-hydrogen) atoms. The Balaban J connectivity index is 2.10. The largest absolute Gasteiger partial charge is 0.316 e. The Morgan fingerprint density at radius 1 is 1.25 bits per heavy atom. The summed E-state index contributed by atoms with van der Waals surface area (Å²) in [6, 6.07) is 8.81. The fraction of sp³-hybridized carbons (Fsp3) is 0.600. The third kappa shape index (κ3) is 2.46. The van der Waals surface area contributed by atoms with Crippen molar-refractivity contribution in [3.63, 3.8) is 0 Å². The van der Waals surface area contributed by atoms with Crippen LogP contribution in [0.4, 0.5) is 0 Å². The van der Waals surface area contributed by atoms with E-state index in [9.17, 15) is 0 Å². The van der Waals surface area contributed by atoms with E-state index in [4.69, 9.17) is 0 Å². The third-order valence-electron chi connectivity index (χ3n) is 3.67. The molecule has 1 aromatic rings. The molecule has 1 nitrogen and oxygen atoms in total. The van der Waals surface area contributed by atoms with Crippen molar-refractivity contribution in [3.8, 4) is 0 Å². The highest BCUT2D eigenvalue weighted by Crippen LogP contribution is 2.35. The molecule has 88 valence electrons. The molecular weight excluding hydrogens is 194 g/mol. The first-order valence-corrected chi connectivity index (χ1v) is 6.37. The molecule has 0 bridgehead atoms. The normalized spacial score (nSPS) is 18.5. The van der Waals surface area contributed by atoms with E-state index in [0.717, 1.165) is 5.92 Å². The van der Waals surface area contributed by atoms with Gasteiger partial charge in [0.05, 0.1) is 0 Å². The van der Waals surface area contributed by atoms with Gasteiger partial charge in [0.2, 0.25) is 0 Å². The summed E-state index contributed by atoms with van der Waals surface area (Å²) in [6.07, 6.45) is 2.58. The fourth-order valence-corrected chi connectivity index (χ4v) is 2.90. The van der Waals surface area contributed by atoms with Crippen molar-refractivity contribution in [1.29, 1.82) is 0 Å². The highest BCUT2D eigenvalue weighted by atomic mass is 15.0. The second-order valence-corrected chi connectivity index (χ2v) is 5.80. The maximum Gasteiger partial charge on any atom is 0.00235 e. The summed E-state index contributed by atoms with van der Waals surface area (Å²) in [5.74, 6) is 0.797. The topological polar surface area (TPSA) is 12.0 Å². The van der Waals surface area contributed by atoms with Crippen LogP contribution in [0.3, 0.4) is 0 Å². The molecule has 0 radical (unpaired) electrons. The van der Waals surface area contributed by atoms with Crippen LogP contribution in [0.15, 0.2) is 24.3 Å². The van der Waals surface area contributed by atoms with E-state index in [2.05, 4.69) is 50.4 Å². The van der Waals surface area contributed by atoms with Crippen LogP contribution in [-0.2, 0) is 6.42 Å². The molecule has 1 saturated heterocycles. The number of aryl methyl sites for hydroxylation is 1. The molecule has 1 fully saturated rings. The first-order chi connectivity index (χ1) is 7.61. The van der Waals surface area contributed by atoms with Crippen molar-refractivity contribution in [3.05, 3.63) is 35.4 Å². The summed E-state index contributed by atoms with van der Waals surface area (Å²) < 4.78 is 0.